The number of rotatable bonds is 10. The second-order valence-electron chi connectivity index (χ2n) is 9.35. The van der Waals surface area contributed by atoms with Gasteiger partial charge in [-0.2, -0.15) is 0 Å². The molecule has 3 rings (SSSR count). The van der Waals surface area contributed by atoms with E-state index in [-0.39, 0.29) is 23.3 Å². The van der Waals surface area contributed by atoms with Gasteiger partial charge in [-0.1, -0.05) is 64.1 Å². The number of nitrogens with one attached hydrogen (secondary N) is 1. The monoisotopic (exact) mass is 494 g/mol. The van der Waals surface area contributed by atoms with Gasteiger partial charge in [-0.05, 0) is 30.2 Å². The molecule has 0 saturated heterocycles. The Balaban J connectivity index is 1.75. The van der Waals surface area contributed by atoms with Crippen molar-refractivity contribution >= 4 is 22.6 Å². The summed E-state index contributed by atoms with van der Waals surface area (Å²) in [6, 6.07) is 14.2. The second kappa shape index (κ2) is 11.7. The number of aromatic nitrogens is 1. The van der Waals surface area contributed by atoms with Crippen LogP contribution in [0.25, 0.3) is 10.8 Å². The Labute approximate surface area is 211 Å². The number of carbonyl (C=O) groups excluding carboxylic acids is 2. The van der Waals surface area contributed by atoms with E-state index in [0.29, 0.717) is 5.75 Å². The second-order valence-corrected chi connectivity index (χ2v) is 9.35. The Hall–Kier alpha value is -3.81. The molecular weight excluding hydrogens is 460 g/mol. The first-order chi connectivity index (χ1) is 17.1. The summed E-state index contributed by atoms with van der Waals surface area (Å²) in [7, 11) is 1.37. The molecule has 3 atom stereocenters. The highest BCUT2D eigenvalue weighted by atomic mass is 16.6. The van der Waals surface area contributed by atoms with Gasteiger partial charge in [-0.25, -0.2) is 9.78 Å². The van der Waals surface area contributed by atoms with E-state index in [1.54, 1.807) is 20.8 Å². The molecule has 192 valence electrons. The van der Waals surface area contributed by atoms with E-state index in [1.807, 2.05) is 56.3 Å². The maximum atomic E-state index is 13.2. The number of aromatic hydroxyl groups is 1. The SMILES string of the molecule is COc1ccnc(C(=O)N[C@H](C(=O)O[C@@H](C)[C@H](Oc2cccc3ccccc23)C(C)C)C(C)C)c1O. The quantitative estimate of drug-likeness (QED) is 0.392. The van der Waals surface area contributed by atoms with Crippen LogP contribution in [0.1, 0.15) is 45.1 Å². The van der Waals surface area contributed by atoms with Crippen molar-refractivity contribution < 1.29 is 28.9 Å². The van der Waals surface area contributed by atoms with E-state index in [4.69, 9.17) is 14.2 Å². The number of nitrogens with zero attached hydrogens (tertiary/aromatic N) is 1. The molecule has 1 amide bonds. The summed E-state index contributed by atoms with van der Waals surface area (Å²) >= 11 is 0. The van der Waals surface area contributed by atoms with Crippen molar-refractivity contribution in [3.05, 3.63) is 60.4 Å². The Bertz CT molecular complexity index is 1200. The molecule has 1 aromatic heterocycles. The number of benzene rings is 2. The summed E-state index contributed by atoms with van der Waals surface area (Å²) < 4.78 is 17.2. The molecule has 0 aliphatic rings. The molecule has 0 spiro atoms. The number of pyridine rings is 1. The van der Waals surface area contributed by atoms with Crippen LogP contribution in [0.15, 0.2) is 54.7 Å². The van der Waals surface area contributed by atoms with Gasteiger partial charge in [0, 0.05) is 17.6 Å². The molecule has 0 aliphatic heterocycles. The molecule has 8 nitrogen and oxygen atoms in total. The lowest BCUT2D eigenvalue weighted by Gasteiger charge is -2.30. The van der Waals surface area contributed by atoms with Crippen LogP contribution in [0.3, 0.4) is 0 Å². The van der Waals surface area contributed by atoms with Gasteiger partial charge in [0.15, 0.2) is 17.2 Å². The summed E-state index contributed by atoms with van der Waals surface area (Å²) in [5.74, 6) is -1.12. The lowest BCUT2D eigenvalue weighted by Crippen LogP contribution is -2.48. The van der Waals surface area contributed by atoms with Gasteiger partial charge < -0.3 is 24.6 Å². The Morgan fingerprint density at radius 1 is 0.917 bits per heavy atom. The summed E-state index contributed by atoms with van der Waals surface area (Å²) in [4.78, 5) is 29.9. The van der Waals surface area contributed by atoms with Crippen molar-refractivity contribution in [1.29, 1.82) is 0 Å². The van der Waals surface area contributed by atoms with Gasteiger partial charge in [0.05, 0.1) is 7.11 Å². The van der Waals surface area contributed by atoms with Crippen LogP contribution >= 0.6 is 0 Å². The van der Waals surface area contributed by atoms with Crippen molar-refractivity contribution in [3.63, 3.8) is 0 Å². The van der Waals surface area contributed by atoms with Crippen molar-refractivity contribution in [2.75, 3.05) is 7.11 Å². The normalized spacial score (nSPS) is 13.8. The molecule has 0 unspecified atom stereocenters. The van der Waals surface area contributed by atoms with Crippen molar-refractivity contribution in [1.82, 2.24) is 10.3 Å². The zero-order valence-electron chi connectivity index (χ0n) is 21.5. The van der Waals surface area contributed by atoms with Gasteiger partial charge in [-0.3, -0.25) is 4.79 Å². The van der Waals surface area contributed by atoms with E-state index >= 15 is 0 Å². The average Bonchev–Trinajstić information content (AvgIpc) is 2.85. The van der Waals surface area contributed by atoms with Crippen LogP contribution in [-0.4, -0.2) is 47.3 Å². The topological polar surface area (TPSA) is 107 Å². The van der Waals surface area contributed by atoms with Gasteiger partial charge in [0.2, 0.25) is 0 Å². The third-order valence-electron chi connectivity index (χ3n) is 5.96. The highest BCUT2D eigenvalue weighted by molar-refractivity contribution is 5.98. The number of fused-ring (bicyclic) bond motifs is 1. The number of amides is 1. The maximum Gasteiger partial charge on any atom is 0.329 e. The van der Waals surface area contributed by atoms with E-state index in [9.17, 15) is 14.7 Å². The molecular formula is C28H34N2O6. The third kappa shape index (κ3) is 6.05. The van der Waals surface area contributed by atoms with Crippen molar-refractivity contribution in [2.24, 2.45) is 11.8 Å². The minimum atomic E-state index is -0.960. The standard InChI is InChI=1S/C28H34N2O6/c1-16(2)23(30-27(32)24-25(31)22(34-6)14-15-29-24)28(33)35-18(5)26(17(3)4)36-21-13-9-11-19-10-7-8-12-20(19)21/h7-18,23,26,31H,1-6H3,(H,30,32)/t18-,23-,26+/m0/s1. The summed E-state index contributed by atoms with van der Waals surface area (Å²) in [6.07, 6.45) is 0.321. The number of carbonyl (C=O) groups is 2. The molecule has 36 heavy (non-hydrogen) atoms. The predicted octanol–water partition coefficient (Wildman–Crippen LogP) is 4.74. The van der Waals surface area contributed by atoms with E-state index < -0.39 is 35.9 Å². The fourth-order valence-corrected chi connectivity index (χ4v) is 4.02. The first kappa shape index (κ1) is 26.8. The number of hydrogen-bond donors (Lipinski definition) is 2. The van der Waals surface area contributed by atoms with Crippen LogP contribution in [0.5, 0.6) is 17.2 Å². The van der Waals surface area contributed by atoms with Crippen molar-refractivity contribution in [2.45, 2.75) is 52.9 Å². The number of esters is 1. The predicted molar refractivity (Wildman–Crippen MR) is 137 cm³/mol. The lowest BCUT2D eigenvalue weighted by molar-refractivity contribution is -0.157. The van der Waals surface area contributed by atoms with Crippen LogP contribution in [0.2, 0.25) is 0 Å². The molecule has 2 N–H and O–H groups in total. The molecule has 0 fully saturated rings. The minimum Gasteiger partial charge on any atom is -0.503 e. The van der Waals surface area contributed by atoms with Gasteiger partial charge >= 0.3 is 5.97 Å². The van der Waals surface area contributed by atoms with E-state index in [1.165, 1.54) is 19.4 Å². The van der Waals surface area contributed by atoms with E-state index in [0.717, 1.165) is 10.8 Å². The largest absolute Gasteiger partial charge is 0.503 e. The molecule has 0 radical (unpaired) electrons. The van der Waals surface area contributed by atoms with Crippen LogP contribution in [0, 0.1) is 11.8 Å². The fourth-order valence-electron chi connectivity index (χ4n) is 4.02. The van der Waals surface area contributed by atoms with Crippen molar-refractivity contribution in [3.8, 4) is 17.2 Å². The van der Waals surface area contributed by atoms with Crippen LogP contribution in [-0.2, 0) is 9.53 Å². The summed E-state index contributed by atoms with van der Waals surface area (Å²) in [5, 5.41) is 14.9. The molecule has 0 aliphatic carbocycles. The zero-order valence-corrected chi connectivity index (χ0v) is 21.5. The number of ether oxygens (including phenoxy) is 3. The molecule has 0 saturated carbocycles. The minimum absolute atomic E-state index is 0.0387. The van der Waals surface area contributed by atoms with Crippen LogP contribution in [0.4, 0.5) is 0 Å². The summed E-state index contributed by atoms with van der Waals surface area (Å²) in [5.41, 5.74) is -0.236. The van der Waals surface area contributed by atoms with Gasteiger partial charge in [0.25, 0.3) is 5.91 Å². The smallest absolute Gasteiger partial charge is 0.329 e. The van der Waals surface area contributed by atoms with Gasteiger partial charge in [0.1, 0.15) is 24.0 Å². The highest BCUT2D eigenvalue weighted by Gasteiger charge is 2.33. The first-order valence-electron chi connectivity index (χ1n) is 12.0. The molecule has 1 heterocycles. The molecule has 2 aromatic carbocycles. The Morgan fingerprint density at radius 3 is 2.28 bits per heavy atom. The molecule has 0 bridgehead atoms. The average molecular weight is 495 g/mol. The molecule has 3 aromatic rings. The number of hydrogen-bond acceptors (Lipinski definition) is 7. The fraction of sp³-hybridized carbons (Fsp3) is 0.393. The van der Waals surface area contributed by atoms with E-state index in [2.05, 4.69) is 10.3 Å². The third-order valence-corrected chi connectivity index (χ3v) is 5.96. The highest BCUT2D eigenvalue weighted by Crippen LogP contribution is 2.29. The number of methoxy groups -OCH3 is 1. The first-order valence-corrected chi connectivity index (χ1v) is 12.0. The lowest BCUT2D eigenvalue weighted by atomic mass is 10.0. The molecule has 8 heteroatoms. The zero-order chi connectivity index (χ0) is 26.4. The van der Waals surface area contributed by atoms with Crippen LogP contribution < -0.4 is 14.8 Å². The summed E-state index contributed by atoms with van der Waals surface area (Å²) in [6.45, 7) is 9.37. The Morgan fingerprint density at radius 2 is 1.61 bits per heavy atom. The van der Waals surface area contributed by atoms with Gasteiger partial charge in [-0.15, -0.1) is 0 Å². The maximum absolute atomic E-state index is 13.2. The Kier molecular flexibility index (Phi) is 8.74.